The van der Waals surface area contributed by atoms with Crippen molar-refractivity contribution in [3.63, 3.8) is 0 Å². The van der Waals surface area contributed by atoms with E-state index < -0.39 is 0 Å². The fourth-order valence-corrected chi connectivity index (χ4v) is 4.26. The molecule has 0 unspecified atom stereocenters. The summed E-state index contributed by atoms with van der Waals surface area (Å²) in [5.74, 6) is 1.30. The number of aliphatic hydroxyl groups excluding tert-OH is 2. The molecule has 8 nitrogen and oxygen atoms in total. The molecule has 4 rings (SSSR count). The number of aryl methyl sites for hydroxylation is 1. The maximum atomic E-state index is 9.92. The van der Waals surface area contributed by atoms with Gasteiger partial charge in [-0.05, 0) is 30.0 Å². The van der Waals surface area contributed by atoms with Crippen molar-refractivity contribution in [3.05, 3.63) is 59.4 Å². The summed E-state index contributed by atoms with van der Waals surface area (Å²) in [4.78, 5) is 6.43. The zero-order valence-electron chi connectivity index (χ0n) is 16.9. The predicted molar refractivity (Wildman–Crippen MR) is 111 cm³/mol. The summed E-state index contributed by atoms with van der Waals surface area (Å²) >= 11 is 0. The molecule has 1 fully saturated rings. The van der Waals surface area contributed by atoms with Crippen LogP contribution in [0.15, 0.2) is 36.9 Å². The lowest BCUT2D eigenvalue weighted by Crippen LogP contribution is -2.34. The van der Waals surface area contributed by atoms with Gasteiger partial charge in [-0.1, -0.05) is 12.1 Å². The first kappa shape index (κ1) is 20.0. The second-order valence-electron chi connectivity index (χ2n) is 7.52. The van der Waals surface area contributed by atoms with E-state index in [0.717, 1.165) is 54.1 Å². The van der Waals surface area contributed by atoms with Gasteiger partial charge in [-0.3, -0.25) is 4.98 Å². The van der Waals surface area contributed by atoms with Gasteiger partial charge >= 0.3 is 0 Å². The van der Waals surface area contributed by atoms with Crippen molar-refractivity contribution in [2.75, 3.05) is 18.0 Å². The van der Waals surface area contributed by atoms with Crippen molar-refractivity contribution < 1.29 is 10.2 Å². The molecule has 30 heavy (non-hydrogen) atoms. The molecule has 154 valence electrons. The third kappa shape index (κ3) is 3.54. The molecule has 0 saturated carbocycles. The molecule has 1 aliphatic heterocycles. The van der Waals surface area contributed by atoms with Crippen LogP contribution in [0.2, 0.25) is 0 Å². The summed E-state index contributed by atoms with van der Waals surface area (Å²) in [6.45, 7) is 1.19. The molecule has 0 radical (unpaired) electrons. The van der Waals surface area contributed by atoms with Gasteiger partial charge in [-0.15, -0.1) is 10.2 Å². The van der Waals surface area contributed by atoms with Crippen LogP contribution < -0.4 is 4.90 Å². The van der Waals surface area contributed by atoms with Crippen molar-refractivity contribution in [3.8, 4) is 17.2 Å². The number of nitriles is 1. The SMILES string of the molecule is Cn1cnnc1C1CCN(c2c(-c3cnccc3CO)ccc(CO)c2C#N)CC1. The number of piperidine rings is 1. The van der Waals surface area contributed by atoms with Crippen molar-refractivity contribution in [2.45, 2.75) is 32.0 Å². The standard InChI is InChI=1S/C22H24N6O2/c1-27-14-25-26-22(27)15-5-8-28(9-6-15)21-18(3-2-16(12-29)19(21)10-23)20-11-24-7-4-17(20)13-30/h2-4,7,11,14-15,29-30H,5-6,8-9,12-13H2,1H3. The summed E-state index contributed by atoms with van der Waals surface area (Å²) in [5.41, 5.74) is 4.26. The first-order valence-electron chi connectivity index (χ1n) is 9.97. The van der Waals surface area contributed by atoms with Gasteiger partial charge in [0.2, 0.25) is 0 Å². The number of nitrogens with zero attached hydrogens (tertiary/aromatic N) is 6. The van der Waals surface area contributed by atoms with E-state index in [4.69, 9.17) is 0 Å². The van der Waals surface area contributed by atoms with Crippen LogP contribution in [-0.2, 0) is 20.3 Å². The Bertz CT molecular complexity index is 1080. The van der Waals surface area contributed by atoms with Gasteiger partial charge in [0.15, 0.2) is 0 Å². The maximum absolute atomic E-state index is 9.92. The van der Waals surface area contributed by atoms with Crippen molar-refractivity contribution in [1.29, 1.82) is 5.26 Å². The lowest BCUT2D eigenvalue weighted by Gasteiger charge is -2.35. The molecule has 1 saturated heterocycles. The number of hydrogen-bond acceptors (Lipinski definition) is 7. The number of pyridine rings is 1. The molecule has 0 spiro atoms. The molecule has 0 aliphatic carbocycles. The first-order valence-corrected chi connectivity index (χ1v) is 9.97. The monoisotopic (exact) mass is 404 g/mol. The van der Waals surface area contributed by atoms with E-state index in [0.29, 0.717) is 17.0 Å². The summed E-state index contributed by atoms with van der Waals surface area (Å²) in [6, 6.07) is 7.77. The van der Waals surface area contributed by atoms with Crippen LogP contribution >= 0.6 is 0 Å². The molecule has 1 aliphatic rings. The fraction of sp³-hybridized carbons (Fsp3) is 0.364. The van der Waals surface area contributed by atoms with E-state index >= 15 is 0 Å². The van der Waals surface area contributed by atoms with E-state index in [2.05, 4.69) is 26.2 Å². The zero-order valence-corrected chi connectivity index (χ0v) is 16.9. The van der Waals surface area contributed by atoms with Crippen LogP contribution in [0, 0.1) is 11.3 Å². The normalized spacial score (nSPS) is 14.7. The fourth-order valence-electron chi connectivity index (χ4n) is 4.26. The number of hydrogen-bond donors (Lipinski definition) is 2. The average Bonchev–Trinajstić information content (AvgIpc) is 3.23. The molecule has 0 amide bonds. The summed E-state index contributed by atoms with van der Waals surface area (Å²) in [5, 5.41) is 37.8. The van der Waals surface area contributed by atoms with Gasteiger partial charge in [-0.2, -0.15) is 5.26 Å². The highest BCUT2D eigenvalue weighted by atomic mass is 16.3. The maximum Gasteiger partial charge on any atom is 0.135 e. The highest BCUT2D eigenvalue weighted by molar-refractivity contribution is 5.85. The van der Waals surface area contributed by atoms with Gasteiger partial charge in [-0.25, -0.2) is 0 Å². The van der Waals surface area contributed by atoms with Crippen LogP contribution in [-0.4, -0.2) is 43.1 Å². The second-order valence-corrected chi connectivity index (χ2v) is 7.52. The highest BCUT2D eigenvalue weighted by Gasteiger charge is 2.28. The van der Waals surface area contributed by atoms with Crippen LogP contribution in [0.3, 0.4) is 0 Å². The van der Waals surface area contributed by atoms with Crippen LogP contribution in [0.25, 0.3) is 11.1 Å². The van der Waals surface area contributed by atoms with Crippen LogP contribution in [0.4, 0.5) is 5.69 Å². The molecule has 0 atom stereocenters. The smallest absolute Gasteiger partial charge is 0.135 e. The molecular formula is C22H24N6O2. The predicted octanol–water partition coefficient (Wildman–Crippen LogP) is 2.12. The number of anilines is 1. The molecule has 8 heteroatoms. The summed E-state index contributed by atoms with van der Waals surface area (Å²) in [7, 11) is 1.96. The molecular weight excluding hydrogens is 380 g/mol. The van der Waals surface area contributed by atoms with Crippen molar-refractivity contribution in [1.82, 2.24) is 19.7 Å². The number of rotatable bonds is 5. The topological polar surface area (TPSA) is 111 Å². The highest BCUT2D eigenvalue weighted by Crippen LogP contribution is 2.40. The molecule has 2 aromatic heterocycles. The Morgan fingerprint density at radius 1 is 1.10 bits per heavy atom. The van der Waals surface area contributed by atoms with Crippen molar-refractivity contribution in [2.24, 2.45) is 7.05 Å². The molecule has 3 aromatic rings. The van der Waals surface area contributed by atoms with E-state index in [1.54, 1.807) is 30.9 Å². The van der Waals surface area contributed by atoms with Crippen molar-refractivity contribution >= 4 is 5.69 Å². The third-order valence-electron chi connectivity index (χ3n) is 5.84. The minimum Gasteiger partial charge on any atom is -0.392 e. The second kappa shape index (κ2) is 8.61. The van der Waals surface area contributed by atoms with E-state index in [1.807, 2.05) is 17.7 Å². The third-order valence-corrected chi connectivity index (χ3v) is 5.84. The molecule has 3 heterocycles. The summed E-state index contributed by atoms with van der Waals surface area (Å²) in [6.07, 6.45) is 6.86. The number of benzene rings is 1. The van der Waals surface area contributed by atoms with Crippen LogP contribution in [0.1, 0.15) is 41.3 Å². The Labute approximate surface area is 175 Å². The Morgan fingerprint density at radius 2 is 1.87 bits per heavy atom. The van der Waals surface area contributed by atoms with Gasteiger partial charge in [0.05, 0.1) is 24.5 Å². The molecule has 0 bridgehead atoms. The Hall–Kier alpha value is -3.28. The van der Waals surface area contributed by atoms with Gasteiger partial charge in [0, 0.05) is 49.6 Å². The lowest BCUT2D eigenvalue weighted by molar-refractivity contribution is 0.281. The first-order chi connectivity index (χ1) is 14.7. The quantitative estimate of drug-likeness (QED) is 0.670. The Kier molecular flexibility index (Phi) is 5.74. The lowest BCUT2D eigenvalue weighted by atomic mass is 9.91. The van der Waals surface area contributed by atoms with Gasteiger partial charge < -0.3 is 19.7 Å². The molecule has 1 aromatic carbocycles. The largest absolute Gasteiger partial charge is 0.392 e. The average molecular weight is 404 g/mol. The van der Waals surface area contributed by atoms with Gasteiger partial charge in [0.1, 0.15) is 18.2 Å². The minimum atomic E-state index is -0.203. The van der Waals surface area contributed by atoms with Crippen LogP contribution in [0.5, 0.6) is 0 Å². The minimum absolute atomic E-state index is 0.116. The van der Waals surface area contributed by atoms with Gasteiger partial charge in [0.25, 0.3) is 0 Å². The number of aromatic nitrogens is 4. The summed E-state index contributed by atoms with van der Waals surface area (Å²) < 4.78 is 1.96. The number of aliphatic hydroxyl groups is 2. The van der Waals surface area contributed by atoms with E-state index in [9.17, 15) is 15.5 Å². The Balaban J connectivity index is 1.75. The van der Waals surface area contributed by atoms with E-state index in [1.165, 1.54) is 0 Å². The zero-order chi connectivity index (χ0) is 21.1. The van der Waals surface area contributed by atoms with E-state index in [-0.39, 0.29) is 13.2 Å². The molecule has 2 N–H and O–H groups in total. The Morgan fingerprint density at radius 3 is 2.50 bits per heavy atom.